The van der Waals surface area contributed by atoms with E-state index in [0.29, 0.717) is 16.5 Å². The quantitative estimate of drug-likeness (QED) is 0.494. The summed E-state index contributed by atoms with van der Waals surface area (Å²) < 4.78 is 5.14. The molecule has 0 fully saturated rings. The van der Waals surface area contributed by atoms with E-state index >= 15 is 0 Å². The van der Waals surface area contributed by atoms with Gasteiger partial charge in [0.05, 0.1) is 24.5 Å². The first-order chi connectivity index (χ1) is 11.0. The number of carbonyl (C=O) groups is 2. The van der Waals surface area contributed by atoms with Gasteiger partial charge in [0.2, 0.25) is 5.91 Å². The number of anilines is 1. The Morgan fingerprint density at radius 1 is 1.38 bits per heavy atom. The molecule has 0 bridgehead atoms. The van der Waals surface area contributed by atoms with Crippen molar-refractivity contribution in [1.82, 2.24) is 4.98 Å². The van der Waals surface area contributed by atoms with Crippen molar-refractivity contribution in [3.8, 4) is 5.75 Å². The Labute approximate surface area is 190 Å². The third-order valence-electron chi connectivity index (χ3n) is 2.77. The third-order valence-corrected chi connectivity index (χ3v) is 4.01. The van der Waals surface area contributed by atoms with E-state index in [9.17, 15) is 14.7 Å². The van der Waals surface area contributed by atoms with Gasteiger partial charge >= 0.3 is 51.4 Å². The average molecular weight is 391 g/mol. The van der Waals surface area contributed by atoms with E-state index in [1.54, 1.807) is 18.2 Å². The fraction of sp³-hybridized carbons (Fsp3) is 0.133. The predicted octanol–water partition coefficient (Wildman–Crippen LogP) is -1.16. The molecule has 0 aliphatic heterocycles. The summed E-state index contributed by atoms with van der Waals surface area (Å²) in [6, 6.07) is 7.72. The summed E-state index contributed by atoms with van der Waals surface area (Å²) in [7, 11) is 1.48. The maximum absolute atomic E-state index is 12.0. The molecule has 9 heteroatoms. The number of aromatic nitrogens is 1. The predicted molar refractivity (Wildman–Crippen MR) is 85.9 cm³/mol. The van der Waals surface area contributed by atoms with Crippen molar-refractivity contribution in [2.75, 3.05) is 18.2 Å². The molecule has 1 N–H and O–H groups in total. The molecule has 0 spiro atoms. The van der Waals surface area contributed by atoms with Crippen LogP contribution in [0.3, 0.4) is 0 Å². The molecule has 0 aliphatic rings. The number of methoxy groups -OCH3 is 1. The van der Waals surface area contributed by atoms with E-state index in [0.717, 1.165) is 11.8 Å². The van der Waals surface area contributed by atoms with Crippen LogP contribution in [-0.4, -0.2) is 29.7 Å². The van der Waals surface area contributed by atoms with Gasteiger partial charge in [-0.15, -0.1) is 0 Å². The standard InChI is InChI=1S/C15H13ClN2O4S.K/c1-22-12-5-4-9(16)7-11(12)18-13(19)8-23-14-10(15(20)21)3-2-6-17-14;/h2-7H,8H2,1H3,(H,18,19)(H,20,21);/q;+1/p-1. The minimum atomic E-state index is -1.34. The summed E-state index contributed by atoms with van der Waals surface area (Å²) in [4.78, 5) is 27.0. The zero-order valence-corrected chi connectivity index (χ0v) is 17.7. The van der Waals surface area contributed by atoms with Crippen molar-refractivity contribution in [1.29, 1.82) is 0 Å². The second-order valence-corrected chi connectivity index (χ2v) is 5.73. The zero-order valence-electron chi connectivity index (χ0n) is 13.0. The Morgan fingerprint density at radius 3 is 2.79 bits per heavy atom. The molecule has 24 heavy (non-hydrogen) atoms. The Balaban J connectivity index is 0.00000288. The summed E-state index contributed by atoms with van der Waals surface area (Å²) in [6.07, 6.45) is 1.45. The van der Waals surface area contributed by atoms with Crippen LogP contribution in [0.4, 0.5) is 5.69 Å². The van der Waals surface area contributed by atoms with Gasteiger partial charge in [-0.2, -0.15) is 0 Å². The van der Waals surface area contributed by atoms with Gasteiger partial charge in [0, 0.05) is 16.8 Å². The SMILES string of the molecule is COc1ccc(Cl)cc1NC(=O)CSc1ncccc1C(=O)[O-].[K+]. The maximum Gasteiger partial charge on any atom is 1.00 e. The average Bonchev–Trinajstić information content (AvgIpc) is 2.53. The van der Waals surface area contributed by atoms with Crippen LogP contribution in [0.25, 0.3) is 0 Å². The molecule has 6 nitrogen and oxygen atoms in total. The minimum Gasteiger partial charge on any atom is -0.545 e. The monoisotopic (exact) mass is 390 g/mol. The minimum absolute atomic E-state index is 0. The van der Waals surface area contributed by atoms with Gasteiger partial charge in [-0.1, -0.05) is 23.4 Å². The molecular formula is C15H12ClKN2O4S. The number of carboxylic acid groups (broad SMARTS) is 1. The summed E-state index contributed by atoms with van der Waals surface area (Å²) in [5.41, 5.74) is 0.386. The van der Waals surface area contributed by atoms with E-state index in [2.05, 4.69) is 10.3 Å². The number of rotatable bonds is 6. The molecule has 1 heterocycles. The van der Waals surface area contributed by atoms with Crippen LogP contribution < -0.4 is 66.5 Å². The molecule has 120 valence electrons. The van der Waals surface area contributed by atoms with Crippen LogP contribution >= 0.6 is 23.4 Å². The van der Waals surface area contributed by atoms with Crippen molar-refractivity contribution in [2.45, 2.75) is 5.03 Å². The van der Waals surface area contributed by atoms with Gasteiger partial charge < -0.3 is 20.0 Å². The van der Waals surface area contributed by atoms with Gasteiger partial charge in [-0.3, -0.25) is 4.79 Å². The largest absolute Gasteiger partial charge is 1.00 e. The third kappa shape index (κ3) is 6.03. The van der Waals surface area contributed by atoms with Gasteiger partial charge in [-0.05, 0) is 30.3 Å². The molecule has 0 unspecified atom stereocenters. The Hall–Kier alpha value is -0.614. The Morgan fingerprint density at radius 2 is 2.12 bits per heavy atom. The number of halogens is 1. The Bertz CT molecular complexity index is 745. The van der Waals surface area contributed by atoms with Crippen LogP contribution in [0.1, 0.15) is 10.4 Å². The number of carboxylic acids is 1. The van der Waals surface area contributed by atoms with E-state index in [-0.39, 0.29) is 73.6 Å². The molecule has 0 saturated heterocycles. The second kappa shape index (κ2) is 10.4. The number of hydrogen-bond donors (Lipinski definition) is 1. The number of thioether (sulfide) groups is 1. The summed E-state index contributed by atoms with van der Waals surface area (Å²) in [5.74, 6) is -1.23. The fourth-order valence-electron chi connectivity index (χ4n) is 1.76. The van der Waals surface area contributed by atoms with Crippen LogP contribution in [-0.2, 0) is 4.79 Å². The van der Waals surface area contributed by atoms with E-state index in [4.69, 9.17) is 16.3 Å². The molecule has 1 amide bonds. The van der Waals surface area contributed by atoms with E-state index in [1.807, 2.05) is 0 Å². The van der Waals surface area contributed by atoms with Gasteiger partial charge in [0.25, 0.3) is 0 Å². The van der Waals surface area contributed by atoms with Crippen LogP contribution in [0, 0.1) is 0 Å². The maximum atomic E-state index is 12.0. The van der Waals surface area contributed by atoms with Gasteiger partial charge in [0.1, 0.15) is 10.8 Å². The number of carbonyl (C=O) groups excluding carboxylic acids is 2. The summed E-state index contributed by atoms with van der Waals surface area (Å²) in [6.45, 7) is 0. The topological polar surface area (TPSA) is 91.3 Å². The molecular weight excluding hydrogens is 379 g/mol. The molecule has 2 aromatic rings. The van der Waals surface area contributed by atoms with Crippen LogP contribution in [0.15, 0.2) is 41.6 Å². The molecule has 0 radical (unpaired) electrons. The summed E-state index contributed by atoms with van der Waals surface area (Å²) in [5, 5.41) is 14.3. The van der Waals surface area contributed by atoms with Crippen LogP contribution in [0.2, 0.25) is 5.02 Å². The smallest absolute Gasteiger partial charge is 0.545 e. The van der Waals surface area contributed by atoms with E-state index in [1.165, 1.54) is 25.4 Å². The van der Waals surface area contributed by atoms with Gasteiger partial charge in [-0.25, -0.2) is 4.98 Å². The fourth-order valence-corrected chi connectivity index (χ4v) is 2.71. The number of nitrogens with zero attached hydrogens (tertiary/aromatic N) is 1. The van der Waals surface area contributed by atoms with Crippen molar-refractivity contribution in [3.05, 3.63) is 47.1 Å². The number of amides is 1. The second-order valence-electron chi connectivity index (χ2n) is 4.33. The van der Waals surface area contributed by atoms with Crippen molar-refractivity contribution in [3.63, 3.8) is 0 Å². The van der Waals surface area contributed by atoms with Crippen molar-refractivity contribution >= 4 is 40.9 Å². The molecule has 0 atom stereocenters. The normalized spacial score (nSPS) is 9.75. The number of benzene rings is 1. The van der Waals surface area contributed by atoms with Crippen molar-refractivity contribution in [2.24, 2.45) is 0 Å². The first-order valence-corrected chi connectivity index (χ1v) is 7.80. The summed E-state index contributed by atoms with van der Waals surface area (Å²) >= 11 is 6.89. The van der Waals surface area contributed by atoms with Gasteiger partial charge in [0.15, 0.2) is 0 Å². The molecule has 1 aromatic carbocycles. The van der Waals surface area contributed by atoms with Crippen LogP contribution in [0.5, 0.6) is 5.75 Å². The van der Waals surface area contributed by atoms with E-state index < -0.39 is 5.97 Å². The first kappa shape index (κ1) is 21.4. The van der Waals surface area contributed by atoms with Crippen molar-refractivity contribution < 1.29 is 70.8 Å². The number of ether oxygens (including phenoxy) is 1. The number of hydrogen-bond acceptors (Lipinski definition) is 6. The number of nitrogens with one attached hydrogen (secondary N) is 1. The first-order valence-electron chi connectivity index (χ1n) is 6.44. The molecule has 2 rings (SSSR count). The Kier molecular flexibility index (Phi) is 9.28. The molecule has 1 aromatic heterocycles. The number of aromatic carboxylic acids is 1. The zero-order chi connectivity index (χ0) is 16.8. The number of pyridine rings is 1. The molecule has 0 saturated carbocycles. The molecule has 0 aliphatic carbocycles.